The van der Waals surface area contributed by atoms with Crippen molar-refractivity contribution in [3.8, 4) is 0 Å². The Bertz CT molecular complexity index is 957. The van der Waals surface area contributed by atoms with Gasteiger partial charge in [-0.15, -0.1) is 0 Å². The molecule has 0 bridgehead atoms. The number of pyridine rings is 1. The van der Waals surface area contributed by atoms with Crippen LogP contribution < -0.4 is 0 Å². The molecule has 0 N–H and O–H groups in total. The van der Waals surface area contributed by atoms with Crippen LogP contribution in [-0.4, -0.2) is 58.1 Å². The van der Waals surface area contributed by atoms with Crippen LogP contribution in [0, 0.1) is 13.8 Å². The predicted molar refractivity (Wildman–Crippen MR) is 95.7 cm³/mol. The third kappa shape index (κ3) is 1.99. The van der Waals surface area contributed by atoms with Crippen molar-refractivity contribution in [2.45, 2.75) is 38.5 Å². The first-order chi connectivity index (χ1) is 12.5. The molecule has 6 nitrogen and oxygen atoms in total. The van der Waals surface area contributed by atoms with E-state index < -0.39 is 5.72 Å². The Hall–Kier alpha value is -2.47. The van der Waals surface area contributed by atoms with Gasteiger partial charge in [-0.2, -0.15) is 0 Å². The molecule has 3 fully saturated rings. The van der Waals surface area contributed by atoms with Gasteiger partial charge in [0.2, 0.25) is 5.91 Å². The minimum Gasteiger partial charge on any atom is -0.351 e. The Balaban J connectivity index is 1.58. The normalized spacial score (nSPS) is 27.3. The highest BCUT2D eigenvalue weighted by atomic mass is 16.5. The number of benzene rings is 1. The maximum absolute atomic E-state index is 13.5. The van der Waals surface area contributed by atoms with E-state index in [0.29, 0.717) is 38.1 Å². The van der Waals surface area contributed by atoms with E-state index in [-0.39, 0.29) is 17.9 Å². The largest absolute Gasteiger partial charge is 0.351 e. The summed E-state index contributed by atoms with van der Waals surface area (Å²) in [5.74, 6) is 0.0646. The molecule has 1 aromatic heterocycles. The summed E-state index contributed by atoms with van der Waals surface area (Å²) in [4.78, 5) is 34.1. The number of rotatable bonds is 1. The van der Waals surface area contributed by atoms with Crippen LogP contribution >= 0.6 is 0 Å². The molecule has 134 valence electrons. The zero-order chi connectivity index (χ0) is 18.1. The standard InChI is InChI=1S/C20H21N3O3/c1-12-3-4-16-14(9-12)15(10-13(2)21-16)19(25)22-6-5-20-17(22)11-18(24)23(20)7-8-26-20/h3-4,9-10,17H,5-8,11H2,1-2H3/t17-,20+/m1/s1. The van der Waals surface area contributed by atoms with Gasteiger partial charge in [-0.1, -0.05) is 11.6 Å². The van der Waals surface area contributed by atoms with Crippen molar-refractivity contribution < 1.29 is 14.3 Å². The molecule has 0 radical (unpaired) electrons. The SMILES string of the molecule is Cc1ccc2nc(C)cc(C(=O)N3CC[C@@]45OCCN4C(=O)C[C@@H]35)c2c1. The maximum atomic E-state index is 13.5. The number of ether oxygens (including phenoxy) is 1. The number of carbonyl (C=O) groups is 2. The van der Waals surface area contributed by atoms with Gasteiger partial charge >= 0.3 is 0 Å². The van der Waals surface area contributed by atoms with Crippen molar-refractivity contribution in [2.24, 2.45) is 0 Å². The second-order valence-electron chi connectivity index (χ2n) is 7.54. The van der Waals surface area contributed by atoms with Crippen molar-refractivity contribution in [2.75, 3.05) is 19.7 Å². The van der Waals surface area contributed by atoms with Gasteiger partial charge in [-0.3, -0.25) is 14.6 Å². The highest BCUT2D eigenvalue weighted by Gasteiger charge is 2.62. The van der Waals surface area contributed by atoms with E-state index >= 15 is 0 Å². The van der Waals surface area contributed by atoms with Crippen LogP contribution in [0.4, 0.5) is 0 Å². The van der Waals surface area contributed by atoms with E-state index in [2.05, 4.69) is 4.98 Å². The van der Waals surface area contributed by atoms with E-state index in [1.807, 2.05) is 47.9 Å². The summed E-state index contributed by atoms with van der Waals surface area (Å²) in [5.41, 5.74) is 2.81. The Morgan fingerprint density at radius 3 is 2.96 bits per heavy atom. The van der Waals surface area contributed by atoms with Gasteiger partial charge < -0.3 is 14.5 Å². The van der Waals surface area contributed by atoms with Crippen LogP contribution in [0.3, 0.4) is 0 Å². The Morgan fingerprint density at radius 1 is 1.27 bits per heavy atom. The number of nitrogens with zero attached hydrogens (tertiary/aromatic N) is 3. The smallest absolute Gasteiger partial charge is 0.255 e. The first-order valence-electron chi connectivity index (χ1n) is 9.13. The van der Waals surface area contributed by atoms with Gasteiger partial charge in [0.05, 0.1) is 30.1 Å². The number of aryl methyl sites for hydroxylation is 2. The summed E-state index contributed by atoms with van der Waals surface area (Å²) >= 11 is 0. The van der Waals surface area contributed by atoms with Gasteiger partial charge in [0.1, 0.15) is 0 Å². The van der Waals surface area contributed by atoms with Crippen LogP contribution in [0.1, 0.15) is 34.5 Å². The minimum absolute atomic E-state index is 0.0295. The first kappa shape index (κ1) is 15.8. The highest BCUT2D eigenvalue weighted by molar-refractivity contribution is 6.07. The lowest BCUT2D eigenvalue weighted by Crippen LogP contribution is -2.48. The minimum atomic E-state index is -0.597. The van der Waals surface area contributed by atoms with Crippen LogP contribution in [0.15, 0.2) is 24.3 Å². The number of likely N-dealkylation sites (tertiary alicyclic amines) is 1. The maximum Gasteiger partial charge on any atom is 0.255 e. The Kier molecular flexibility index (Phi) is 3.19. The fraction of sp³-hybridized carbons (Fsp3) is 0.450. The van der Waals surface area contributed by atoms with E-state index in [9.17, 15) is 9.59 Å². The molecule has 6 heteroatoms. The molecule has 0 unspecified atom stereocenters. The summed E-state index contributed by atoms with van der Waals surface area (Å²) in [7, 11) is 0. The average molecular weight is 351 g/mol. The third-order valence-electron chi connectivity index (χ3n) is 5.98. The lowest BCUT2D eigenvalue weighted by molar-refractivity contribution is -0.136. The zero-order valence-electron chi connectivity index (χ0n) is 15.0. The van der Waals surface area contributed by atoms with Crippen molar-refractivity contribution in [1.82, 2.24) is 14.8 Å². The molecule has 3 saturated heterocycles. The molecule has 0 aliphatic carbocycles. The molecular weight excluding hydrogens is 330 g/mol. The van der Waals surface area contributed by atoms with Crippen LogP contribution in [-0.2, 0) is 9.53 Å². The first-order valence-corrected chi connectivity index (χ1v) is 9.13. The van der Waals surface area contributed by atoms with Gasteiger partial charge in [-0.25, -0.2) is 0 Å². The molecule has 3 aliphatic heterocycles. The summed E-state index contributed by atoms with van der Waals surface area (Å²) in [6.07, 6.45) is 1.04. The summed E-state index contributed by atoms with van der Waals surface area (Å²) in [6.45, 7) is 5.72. The number of amides is 2. The molecule has 2 aromatic rings. The van der Waals surface area contributed by atoms with Gasteiger partial charge in [-0.05, 0) is 32.0 Å². The molecule has 5 rings (SSSR count). The van der Waals surface area contributed by atoms with E-state index in [1.165, 1.54) is 0 Å². The lowest BCUT2D eigenvalue weighted by atomic mass is 10.0. The van der Waals surface area contributed by atoms with E-state index in [1.54, 1.807) is 0 Å². The zero-order valence-corrected chi connectivity index (χ0v) is 15.0. The number of carbonyl (C=O) groups excluding carboxylic acids is 2. The van der Waals surface area contributed by atoms with E-state index in [4.69, 9.17) is 4.74 Å². The Morgan fingerprint density at radius 2 is 2.12 bits per heavy atom. The van der Waals surface area contributed by atoms with Gasteiger partial charge in [0.25, 0.3) is 5.91 Å². The third-order valence-corrected chi connectivity index (χ3v) is 5.98. The second kappa shape index (κ2) is 5.27. The number of aromatic nitrogens is 1. The molecule has 3 aliphatic rings. The molecular formula is C20H21N3O3. The number of hydrogen-bond donors (Lipinski definition) is 0. The second-order valence-corrected chi connectivity index (χ2v) is 7.54. The molecule has 0 saturated carbocycles. The van der Waals surface area contributed by atoms with Gasteiger partial charge in [0.15, 0.2) is 5.72 Å². The summed E-state index contributed by atoms with van der Waals surface area (Å²) in [6, 6.07) is 7.64. The van der Waals surface area contributed by atoms with Crippen LogP contribution in [0.5, 0.6) is 0 Å². The van der Waals surface area contributed by atoms with Crippen LogP contribution in [0.25, 0.3) is 10.9 Å². The number of fused-ring (bicyclic) bond motifs is 1. The number of hydrogen-bond acceptors (Lipinski definition) is 4. The highest BCUT2D eigenvalue weighted by Crippen LogP contribution is 2.46. The fourth-order valence-electron chi connectivity index (χ4n) is 4.84. The summed E-state index contributed by atoms with van der Waals surface area (Å²) < 4.78 is 6.00. The molecule has 1 aromatic carbocycles. The quantitative estimate of drug-likeness (QED) is 0.789. The lowest BCUT2D eigenvalue weighted by Gasteiger charge is -2.31. The van der Waals surface area contributed by atoms with Crippen molar-refractivity contribution >= 4 is 22.7 Å². The molecule has 1 spiro atoms. The van der Waals surface area contributed by atoms with Crippen molar-refractivity contribution in [1.29, 1.82) is 0 Å². The molecule has 26 heavy (non-hydrogen) atoms. The van der Waals surface area contributed by atoms with Crippen molar-refractivity contribution in [3.05, 3.63) is 41.1 Å². The Labute approximate surface area is 151 Å². The fourth-order valence-corrected chi connectivity index (χ4v) is 4.84. The average Bonchev–Trinajstić information content (AvgIpc) is 3.25. The van der Waals surface area contributed by atoms with Crippen molar-refractivity contribution in [3.63, 3.8) is 0 Å². The topological polar surface area (TPSA) is 62.7 Å². The summed E-state index contributed by atoms with van der Waals surface area (Å²) in [5, 5.41) is 0.870. The van der Waals surface area contributed by atoms with E-state index in [0.717, 1.165) is 22.2 Å². The predicted octanol–water partition coefficient (Wildman–Crippen LogP) is 2.02. The molecule has 4 heterocycles. The monoisotopic (exact) mass is 351 g/mol. The molecule has 2 atom stereocenters. The molecule has 2 amide bonds. The van der Waals surface area contributed by atoms with Crippen LogP contribution in [0.2, 0.25) is 0 Å². The van der Waals surface area contributed by atoms with Gasteiger partial charge in [0, 0.05) is 30.6 Å².